The first-order chi connectivity index (χ1) is 15.0. The van der Waals surface area contributed by atoms with Gasteiger partial charge in [-0.2, -0.15) is 0 Å². The molecule has 0 radical (unpaired) electrons. The molecule has 5 aliphatic rings. The van der Waals surface area contributed by atoms with E-state index in [4.69, 9.17) is 18.9 Å². The van der Waals surface area contributed by atoms with Crippen LogP contribution in [0.15, 0.2) is 11.6 Å². The number of carbonyl (C=O) groups is 1. The van der Waals surface area contributed by atoms with Gasteiger partial charge in [-0.15, -0.1) is 0 Å². The van der Waals surface area contributed by atoms with E-state index >= 15 is 0 Å². The Morgan fingerprint density at radius 1 is 1.12 bits per heavy atom. The molecule has 6 N–H and O–H groups in total. The van der Waals surface area contributed by atoms with Crippen LogP contribution < -0.4 is 0 Å². The van der Waals surface area contributed by atoms with Crippen LogP contribution in [0.1, 0.15) is 20.3 Å². The Hall–Kier alpha value is -0.990. The fourth-order valence-corrected chi connectivity index (χ4v) is 6.41. The van der Waals surface area contributed by atoms with Crippen LogP contribution in [0.5, 0.6) is 0 Å². The summed E-state index contributed by atoms with van der Waals surface area (Å²) in [4.78, 5) is 12.9. The summed E-state index contributed by atoms with van der Waals surface area (Å²) in [5.41, 5.74) is -2.86. The minimum absolute atomic E-state index is 0.198. The first kappa shape index (κ1) is 22.8. The second-order valence-electron chi connectivity index (χ2n) is 9.92. The van der Waals surface area contributed by atoms with Crippen molar-refractivity contribution in [1.82, 2.24) is 0 Å². The quantitative estimate of drug-likeness (QED) is 0.236. The molecule has 12 atom stereocenters. The van der Waals surface area contributed by atoms with Gasteiger partial charge >= 0.3 is 0 Å². The number of rotatable bonds is 4. The number of hydrogen-bond donors (Lipinski definition) is 6. The van der Waals surface area contributed by atoms with Crippen molar-refractivity contribution in [3.05, 3.63) is 11.6 Å². The number of hydrogen-bond acceptors (Lipinski definition) is 11. The molecule has 0 aromatic heterocycles. The number of aliphatic hydroxyl groups is 6. The highest BCUT2D eigenvalue weighted by molar-refractivity contribution is 6.00. The van der Waals surface area contributed by atoms with Gasteiger partial charge in [-0.1, -0.05) is 6.92 Å². The highest BCUT2D eigenvalue weighted by atomic mass is 16.7. The molecular weight excluding hydrogens is 428 g/mol. The van der Waals surface area contributed by atoms with Gasteiger partial charge < -0.3 is 49.6 Å². The second kappa shape index (κ2) is 7.25. The molecule has 0 amide bonds. The van der Waals surface area contributed by atoms with Gasteiger partial charge in [0.1, 0.15) is 42.2 Å². The van der Waals surface area contributed by atoms with Gasteiger partial charge in [-0.25, -0.2) is 0 Å². The zero-order valence-corrected chi connectivity index (χ0v) is 17.8. The second-order valence-corrected chi connectivity index (χ2v) is 9.92. The van der Waals surface area contributed by atoms with E-state index in [1.54, 1.807) is 13.0 Å². The number of carbonyl (C=O) groups excluding carboxylic acids is 1. The number of ketones is 1. The van der Waals surface area contributed by atoms with Crippen LogP contribution in [0.25, 0.3) is 0 Å². The van der Waals surface area contributed by atoms with Crippen molar-refractivity contribution >= 4 is 5.78 Å². The van der Waals surface area contributed by atoms with E-state index < -0.39 is 83.9 Å². The Morgan fingerprint density at radius 3 is 2.44 bits per heavy atom. The van der Waals surface area contributed by atoms with Crippen LogP contribution in [0.3, 0.4) is 0 Å². The van der Waals surface area contributed by atoms with Gasteiger partial charge in [0, 0.05) is 5.41 Å². The predicted molar refractivity (Wildman–Crippen MR) is 103 cm³/mol. The van der Waals surface area contributed by atoms with E-state index in [-0.39, 0.29) is 13.0 Å². The summed E-state index contributed by atoms with van der Waals surface area (Å²) in [6.07, 6.45) is -9.43. The van der Waals surface area contributed by atoms with Gasteiger partial charge in [0.2, 0.25) is 0 Å². The molecule has 11 nitrogen and oxygen atoms in total. The molecule has 3 aliphatic heterocycles. The van der Waals surface area contributed by atoms with Crippen molar-refractivity contribution in [2.24, 2.45) is 10.8 Å². The molecule has 1 saturated carbocycles. The van der Waals surface area contributed by atoms with Crippen LogP contribution >= 0.6 is 0 Å². The number of epoxide rings is 1. The Balaban J connectivity index is 1.52. The zero-order chi connectivity index (χ0) is 23.2. The minimum atomic E-state index is -1.64. The van der Waals surface area contributed by atoms with Crippen molar-refractivity contribution in [3.63, 3.8) is 0 Å². The molecule has 0 aromatic carbocycles. The molecule has 32 heavy (non-hydrogen) atoms. The van der Waals surface area contributed by atoms with E-state index in [9.17, 15) is 35.4 Å². The van der Waals surface area contributed by atoms with Gasteiger partial charge in [-0.3, -0.25) is 4.79 Å². The third-order valence-corrected chi connectivity index (χ3v) is 8.51. The van der Waals surface area contributed by atoms with Crippen LogP contribution in [0, 0.1) is 10.8 Å². The fourth-order valence-electron chi connectivity index (χ4n) is 6.41. The lowest BCUT2D eigenvalue weighted by atomic mass is 9.50. The smallest absolute Gasteiger partial charge is 0.187 e. The molecule has 5 rings (SSSR count). The maximum atomic E-state index is 12.9. The van der Waals surface area contributed by atoms with E-state index in [1.165, 1.54) is 0 Å². The summed E-state index contributed by atoms with van der Waals surface area (Å²) in [6, 6.07) is 0. The third-order valence-electron chi connectivity index (χ3n) is 8.51. The summed E-state index contributed by atoms with van der Waals surface area (Å²) in [6.45, 7) is 2.75. The molecule has 3 heterocycles. The van der Waals surface area contributed by atoms with E-state index in [0.717, 1.165) is 0 Å². The molecule has 1 unspecified atom stereocenters. The summed E-state index contributed by atoms with van der Waals surface area (Å²) in [5, 5.41) is 61.9. The topological polar surface area (TPSA) is 179 Å². The van der Waals surface area contributed by atoms with Crippen molar-refractivity contribution in [2.45, 2.75) is 81.0 Å². The van der Waals surface area contributed by atoms with Gasteiger partial charge in [0.25, 0.3) is 0 Å². The van der Waals surface area contributed by atoms with E-state index in [1.807, 2.05) is 6.92 Å². The Labute approximate surface area is 184 Å². The fraction of sp³-hybridized carbons (Fsp3) is 0.857. The van der Waals surface area contributed by atoms with Gasteiger partial charge in [0.15, 0.2) is 12.1 Å². The molecule has 2 bridgehead atoms. The van der Waals surface area contributed by atoms with Crippen LogP contribution in [-0.2, 0) is 23.7 Å². The normalized spacial score (nSPS) is 56.8. The van der Waals surface area contributed by atoms with Crippen molar-refractivity contribution in [2.75, 3.05) is 19.8 Å². The maximum absolute atomic E-state index is 12.9. The summed E-state index contributed by atoms with van der Waals surface area (Å²) >= 11 is 0. The first-order valence-corrected chi connectivity index (χ1v) is 10.8. The third kappa shape index (κ3) is 2.63. The molecule has 11 heteroatoms. The lowest BCUT2D eigenvalue weighted by Gasteiger charge is -2.59. The van der Waals surface area contributed by atoms with Crippen molar-refractivity contribution < 1.29 is 54.4 Å². The number of Topliss-reactive ketones (excluding diaryl/α,β-unsaturated/α-hetero) is 1. The Bertz CT molecular complexity index is 825. The molecule has 2 aliphatic carbocycles. The highest BCUT2D eigenvalue weighted by Gasteiger charge is 2.83. The Morgan fingerprint density at radius 2 is 1.81 bits per heavy atom. The predicted octanol–water partition coefficient (Wildman–Crippen LogP) is -3.01. The lowest BCUT2D eigenvalue weighted by molar-refractivity contribution is -0.324. The van der Waals surface area contributed by atoms with Gasteiger partial charge in [0.05, 0.1) is 37.4 Å². The SMILES string of the molecule is CC1=C[C@H]2O[C@@H]3[C@H](O)C[C@@](C)(C34CO4)[C@@]2(CO[C@@H]2O[C@H](CO)[C@@H](O)[C@H](O)[C@H]2O)[C@H](O)C1=O. The average molecular weight is 458 g/mol. The lowest BCUT2D eigenvalue weighted by Crippen LogP contribution is -2.71. The molecule has 3 saturated heterocycles. The zero-order valence-electron chi connectivity index (χ0n) is 17.8. The van der Waals surface area contributed by atoms with Gasteiger partial charge in [-0.05, 0) is 25.0 Å². The van der Waals surface area contributed by atoms with Crippen LogP contribution in [0.2, 0.25) is 0 Å². The Kier molecular flexibility index (Phi) is 5.16. The minimum Gasteiger partial charge on any atom is -0.394 e. The number of fused-ring (bicyclic) bond motifs is 2. The maximum Gasteiger partial charge on any atom is 0.187 e. The highest BCUT2D eigenvalue weighted by Crippen LogP contribution is 2.71. The van der Waals surface area contributed by atoms with Crippen LogP contribution in [-0.4, -0.2) is 117 Å². The van der Waals surface area contributed by atoms with Crippen molar-refractivity contribution in [3.8, 4) is 0 Å². The monoisotopic (exact) mass is 458 g/mol. The standard InChI is InChI=1S/C21H30O11/c1-8-3-11-20(16(28)12(8)24,19(2)4-9(23)17(32-11)21(19)7-30-21)6-29-18-15(27)14(26)13(25)10(5-22)31-18/h3,9-11,13-18,22-23,25-28H,4-7H2,1-2H3/t9-,10-,11-,13-,14+,15-,16-,17-,18-,19-,20-,21?/m1/s1. The molecule has 180 valence electrons. The summed E-state index contributed by atoms with van der Waals surface area (Å²) < 4.78 is 23.3. The largest absolute Gasteiger partial charge is 0.394 e. The summed E-state index contributed by atoms with van der Waals surface area (Å²) in [5.74, 6) is -0.501. The average Bonchev–Trinajstić information content (AvgIpc) is 3.53. The first-order valence-electron chi connectivity index (χ1n) is 10.8. The van der Waals surface area contributed by atoms with Crippen LogP contribution in [0.4, 0.5) is 0 Å². The van der Waals surface area contributed by atoms with E-state index in [2.05, 4.69) is 0 Å². The summed E-state index contributed by atoms with van der Waals surface area (Å²) in [7, 11) is 0. The van der Waals surface area contributed by atoms with Crippen molar-refractivity contribution in [1.29, 1.82) is 0 Å². The number of ether oxygens (including phenoxy) is 4. The molecule has 0 aromatic rings. The molecule has 4 fully saturated rings. The molecule has 1 spiro atoms. The number of aliphatic hydroxyl groups excluding tert-OH is 6. The van der Waals surface area contributed by atoms with E-state index in [0.29, 0.717) is 12.2 Å². The molecular formula is C21H30O11.